The Hall–Kier alpha value is -1.89. The highest BCUT2D eigenvalue weighted by molar-refractivity contribution is 7.13. The highest BCUT2D eigenvalue weighted by Crippen LogP contribution is 2.09. The number of aromatic nitrogens is 1. The predicted octanol–water partition coefficient (Wildman–Crippen LogP) is 1.73. The number of carbonyl (C=O) groups is 2. The standard InChI is InChI=1S/C10H13N3O3S/c1-7(2)16-8(14)3-4-11-9(15)13-10-12-5-6-17-10/h5-6H,1,3-4H2,2H3,(H2,11,12,13,15). The van der Waals surface area contributed by atoms with Gasteiger partial charge in [-0.2, -0.15) is 0 Å². The summed E-state index contributed by atoms with van der Waals surface area (Å²) in [4.78, 5) is 26.3. The average molecular weight is 255 g/mol. The Labute approximate surface area is 103 Å². The van der Waals surface area contributed by atoms with Crippen molar-refractivity contribution in [2.45, 2.75) is 13.3 Å². The lowest BCUT2D eigenvalue weighted by Gasteiger charge is -2.05. The van der Waals surface area contributed by atoms with Crippen molar-refractivity contribution in [3.05, 3.63) is 23.9 Å². The van der Waals surface area contributed by atoms with Crippen LogP contribution in [0.4, 0.5) is 9.93 Å². The van der Waals surface area contributed by atoms with Gasteiger partial charge in [-0.3, -0.25) is 10.1 Å². The minimum absolute atomic E-state index is 0.0954. The molecule has 0 aliphatic heterocycles. The smallest absolute Gasteiger partial charge is 0.321 e. The molecule has 0 saturated heterocycles. The summed E-state index contributed by atoms with van der Waals surface area (Å²) in [6, 6.07) is -0.400. The van der Waals surface area contributed by atoms with Gasteiger partial charge in [-0.1, -0.05) is 6.58 Å². The van der Waals surface area contributed by atoms with Gasteiger partial charge >= 0.3 is 12.0 Å². The molecule has 2 amide bonds. The fourth-order valence-corrected chi connectivity index (χ4v) is 1.47. The minimum atomic E-state index is -0.424. The number of anilines is 1. The van der Waals surface area contributed by atoms with Crippen molar-refractivity contribution in [1.82, 2.24) is 10.3 Å². The van der Waals surface area contributed by atoms with Gasteiger partial charge in [0.1, 0.15) is 0 Å². The van der Waals surface area contributed by atoms with E-state index in [1.807, 2.05) is 0 Å². The van der Waals surface area contributed by atoms with Crippen molar-refractivity contribution >= 4 is 28.5 Å². The number of esters is 1. The molecule has 0 fully saturated rings. The molecule has 0 bridgehead atoms. The Morgan fingerprint density at radius 2 is 2.35 bits per heavy atom. The molecule has 1 rings (SSSR count). The molecule has 17 heavy (non-hydrogen) atoms. The molecule has 1 aromatic rings. The van der Waals surface area contributed by atoms with Crippen LogP contribution in [0, 0.1) is 0 Å². The van der Waals surface area contributed by atoms with E-state index in [1.165, 1.54) is 11.3 Å². The Balaban J connectivity index is 2.16. The van der Waals surface area contributed by atoms with Gasteiger partial charge in [-0.15, -0.1) is 11.3 Å². The molecule has 92 valence electrons. The molecule has 0 aromatic carbocycles. The number of amides is 2. The number of rotatable bonds is 5. The first kappa shape index (κ1) is 13.2. The number of urea groups is 1. The van der Waals surface area contributed by atoms with E-state index in [-0.39, 0.29) is 13.0 Å². The second kappa shape index (κ2) is 6.64. The number of nitrogens with one attached hydrogen (secondary N) is 2. The summed E-state index contributed by atoms with van der Waals surface area (Å²) in [6.07, 6.45) is 1.68. The maximum atomic E-state index is 11.3. The molecule has 0 saturated carbocycles. The lowest BCUT2D eigenvalue weighted by molar-refractivity contribution is -0.139. The van der Waals surface area contributed by atoms with Gasteiger partial charge in [0.05, 0.1) is 12.2 Å². The number of nitrogens with zero attached hydrogens (tertiary/aromatic N) is 1. The minimum Gasteiger partial charge on any atom is -0.432 e. The normalized spacial score (nSPS) is 9.47. The first-order valence-corrected chi connectivity index (χ1v) is 5.76. The molecular weight excluding hydrogens is 242 g/mol. The SMILES string of the molecule is C=C(C)OC(=O)CCNC(=O)Nc1nccs1. The lowest BCUT2D eigenvalue weighted by atomic mass is 10.4. The van der Waals surface area contributed by atoms with Gasteiger partial charge in [-0.05, 0) is 6.92 Å². The van der Waals surface area contributed by atoms with Crippen LogP contribution < -0.4 is 10.6 Å². The van der Waals surface area contributed by atoms with Crippen LogP contribution in [0.3, 0.4) is 0 Å². The van der Waals surface area contributed by atoms with Crippen LogP contribution in [0.1, 0.15) is 13.3 Å². The number of allylic oxidation sites excluding steroid dienone is 1. The van der Waals surface area contributed by atoms with Gasteiger partial charge in [0, 0.05) is 18.1 Å². The number of thiazole rings is 1. The quantitative estimate of drug-likeness (QED) is 0.620. The number of hydrogen-bond donors (Lipinski definition) is 2. The van der Waals surface area contributed by atoms with Gasteiger partial charge in [0.2, 0.25) is 0 Å². The van der Waals surface area contributed by atoms with Crippen molar-refractivity contribution in [2.24, 2.45) is 0 Å². The van der Waals surface area contributed by atoms with Crippen LogP contribution in [0.25, 0.3) is 0 Å². The molecule has 7 heteroatoms. The summed E-state index contributed by atoms with van der Waals surface area (Å²) in [5.41, 5.74) is 0. The zero-order valence-electron chi connectivity index (χ0n) is 9.36. The number of hydrogen-bond acceptors (Lipinski definition) is 5. The van der Waals surface area contributed by atoms with Gasteiger partial charge < -0.3 is 10.1 Å². The molecule has 0 spiro atoms. The first-order chi connectivity index (χ1) is 8.08. The molecule has 0 aliphatic rings. The van der Waals surface area contributed by atoms with Crippen molar-refractivity contribution in [3.63, 3.8) is 0 Å². The first-order valence-electron chi connectivity index (χ1n) is 4.88. The van der Waals surface area contributed by atoms with E-state index in [9.17, 15) is 9.59 Å². The van der Waals surface area contributed by atoms with Crippen LogP contribution in [-0.2, 0) is 9.53 Å². The maximum absolute atomic E-state index is 11.3. The van der Waals surface area contributed by atoms with E-state index in [0.29, 0.717) is 10.9 Å². The molecular formula is C10H13N3O3S. The van der Waals surface area contributed by atoms with Crippen molar-refractivity contribution in [3.8, 4) is 0 Å². The van der Waals surface area contributed by atoms with Crippen LogP contribution in [0.5, 0.6) is 0 Å². The molecule has 0 unspecified atom stereocenters. The van der Waals surface area contributed by atoms with Gasteiger partial charge in [0.15, 0.2) is 5.13 Å². The van der Waals surface area contributed by atoms with Crippen LogP contribution in [0.2, 0.25) is 0 Å². The zero-order valence-corrected chi connectivity index (χ0v) is 10.2. The summed E-state index contributed by atoms with van der Waals surface area (Å²) in [6.45, 7) is 5.22. The van der Waals surface area contributed by atoms with Crippen molar-refractivity contribution in [2.75, 3.05) is 11.9 Å². The molecule has 1 heterocycles. The van der Waals surface area contributed by atoms with E-state index in [4.69, 9.17) is 4.74 Å². The average Bonchev–Trinajstić information content (AvgIpc) is 2.69. The summed E-state index contributed by atoms with van der Waals surface area (Å²) in [5.74, 6) is -0.0886. The fraction of sp³-hybridized carbons (Fsp3) is 0.300. The van der Waals surface area contributed by atoms with E-state index in [0.717, 1.165) is 0 Å². The van der Waals surface area contributed by atoms with Crippen LogP contribution in [-0.4, -0.2) is 23.5 Å². The monoisotopic (exact) mass is 255 g/mol. The fourth-order valence-electron chi connectivity index (χ4n) is 0.950. The van der Waals surface area contributed by atoms with Crippen LogP contribution >= 0.6 is 11.3 Å². The predicted molar refractivity (Wildman–Crippen MR) is 64.7 cm³/mol. The second-order valence-corrected chi connectivity index (χ2v) is 4.04. The zero-order chi connectivity index (χ0) is 12.7. The Morgan fingerprint density at radius 1 is 1.59 bits per heavy atom. The Morgan fingerprint density at radius 3 is 2.94 bits per heavy atom. The third-order valence-corrected chi connectivity index (χ3v) is 2.24. The topological polar surface area (TPSA) is 80.3 Å². The highest BCUT2D eigenvalue weighted by atomic mass is 32.1. The summed E-state index contributed by atoms with van der Waals surface area (Å²) in [5, 5.41) is 7.29. The third-order valence-electron chi connectivity index (χ3n) is 1.56. The third kappa shape index (κ3) is 5.67. The molecule has 2 N–H and O–H groups in total. The van der Waals surface area contributed by atoms with E-state index >= 15 is 0 Å². The van der Waals surface area contributed by atoms with E-state index < -0.39 is 12.0 Å². The molecule has 0 atom stereocenters. The number of ether oxygens (including phenoxy) is 1. The molecule has 1 aromatic heterocycles. The molecule has 6 nitrogen and oxygen atoms in total. The maximum Gasteiger partial charge on any atom is 0.321 e. The lowest BCUT2D eigenvalue weighted by Crippen LogP contribution is -2.30. The molecule has 0 radical (unpaired) electrons. The number of carbonyl (C=O) groups excluding carboxylic acids is 2. The summed E-state index contributed by atoms with van der Waals surface area (Å²) < 4.78 is 4.72. The summed E-state index contributed by atoms with van der Waals surface area (Å²) >= 11 is 1.31. The Bertz CT molecular complexity index is 403. The van der Waals surface area contributed by atoms with Crippen LogP contribution in [0.15, 0.2) is 23.9 Å². The second-order valence-electron chi connectivity index (χ2n) is 3.14. The van der Waals surface area contributed by atoms with E-state index in [2.05, 4.69) is 22.2 Å². The Kier molecular flexibility index (Phi) is 5.15. The largest absolute Gasteiger partial charge is 0.432 e. The van der Waals surface area contributed by atoms with Crippen molar-refractivity contribution < 1.29 is 14.3 Å². The van der Waals surface area contributed by atoms with Gasteiger partial charge in [-0.25, -0.2) is 9.78 Å². The van der Waals surface area contributed by atoms with E-state index in [1.54, 1.807) is 18.5 Å². The van der Waals surface area contributed by atoms with Crippen molar-refractivity contribution in [1.29, 1.82) is 0 Å². The molecule has 0 aliphatic carbocycles. The summed E-state index contributed by atoms with van der Waals surface area (Å²) in [7, 11) is 0. The van der Waals surface area contributed by atoms with Gasteiger partial charge in [0.25, 0.3) is 0 Å². The highest BCUT2D eigenvalue weighted by Gasteiger charge is 2.06.